The lowest BCUT2D eigenvalue weighted by Gasteiger charge is -2.46. The van der Waals surface area contributed by atoms with E-state index in [0.29, 0.717) is 11.8 Å². The Bertz CT molecular complexity index is 735. The number of nitrogens with zero attached hydrogens (tertiary/aromatic N) is 3. The molecular formula is C16H20N4O. The molecule has 0 unspecified atom stereocenters. The summed E-state index contributed by atoms with van der Waals surface area (Å²) in [5.74, 6) is 2.19. The molecule has 0 spiro atoms. The molecule has 0 aliphatic heterocycles. The van der Waals surface area contributed by atoms with Crippen molar-refractivity contribution in [2.24, 2.45) is 13.0 Å². The highest BCUT2D eigenvalue weighted by Crippen LogP contribution is 2.51. The Balaban J connectivity index is 1.85. The predicted molar refractivity (Wildman–Crippen MR) is 79.2 cm³/mol. The van der Waals surface area contributed by atoms with Crippen LogP contribution in [0.25, 0.3) is 0 Å². The summed E-state index contributed by atoms with van der Waals surface area (Å²) in [6, 6.07) is 3.95. The molecule has 0 saturated heterocycles. The molecule has 5 nitrogen and oxygen atoms in total. The number of aryl methyl sites for hydroxylation is 1. The largest absolute Gasteiger partial charge is 0.326 e. The molecule has 0 aromatic carbocycles. The van der Waals surface area contributed by atoms with Crippen molar-refractivity contribution in [1.29, 1.82) is 0 Å². The van der Waals surface area contributed by atoms with Crippen molar-refractivity contribution in [2.45, 2.75) is 43.9 Å². The first-order chi connectivity index (χ1) is 10.1. The molecule has 4 rings (SSSR count). The summed E-state index contributed by atoms with van der Waals surface area (Å²) >= 11 is 0. The Labute approximate surface area is 123 Å². The first-order valence-corrected chi connectivity index (χ1v) is 7.68. The van der Waals surface area contributed by atoms with Crippen LogP contribution in [0.5, 0.6) is 0 Å². The topological polar surface area (TPSA) is 63.6 Å². The van der Waals surface area contributed by atoms with Crippen LogP contribution in [-0.4, -0.2) is 19.7 Å². The Morgan fingerprint density at radius 1 is 1.33 bits per heavy atom. The van der Waals surface area contributed by atoms with Gasteiger partial charge in [0.2, 0.25) is 5.56 Å². The molecule has 1 N–H and O–H groups in total. The minimum absolute atomic E-state index is 0.00972. The number of hydrogen-bond donors (Lipinski definition) is 1. The Morgan fingerprint density at radius 2 is 2.10 bits per heavy atom. The molecule has 2 aliphatic carbocycles. The molecule has 21 heavy (non-hydrogen) atoms. The summed E-state index contributed by atoms with van der Waals surface area (Å²) in [4.78, 5) is 15.1. The third-order valence-electron chi connectivity index (χ3n) is 4.97. The third-order valence-corrected chi connectivity index (χ3v) is 4.97. The van der Waals surface area contributed by atoms with Crippen molar-refractivity contribution in [3.8, 4) is 0 Å². The van der Waals surface area contributed by atoms with Gasteiger partial charge in [-0.05, 0) is 49.1 Å². The fourth-order valence-corrected chi connectivity index (χ4v) is 3.85. The van der Waals surface area contributed by atoms with Crippen LogP contribution in [0.2, 0.25) is 0 Å². The number of hydrogen-bond acceptors (Lipinski definition) is 3. The van der Waals surface area contributed by atoms with E-state index in [9.17, 15) is 4.79 Å². The Kier molecular flexibility index (Phi) is 2.62. The molecule has 2 aliphatic rings. The number of nitrogens with one attached hydrogen (secondary N) is 1. The zero-order valence-electron chi connectivity index (χ0n) is 12.5. The van der Waals surface area contributed by atoms with Gasteiger partial charge < -0.3 is 9.55 Å². The van der Waals surface area contributed by atoms with Gasteiger partial charge in [-0.25, -0.2) is 0 Å². The van der Waals surface area contributed by atoms with Gasteiger partial charge in [0.1, 0.15) is 12.2 Å². The van der Waals surface area contributed by atoms with Gasteiger partial charge in [0.05, 0.1) is 5.41 Å². The first-order valence-electron chi connectivity index (χ1n) is 7.68. The van der Waals surface area contributed by atoms with E-state index in [1.165, 1.54) is 12.8 Å². The summed E-state index contributed by atoms with van der Waals surface area (Å²) < 4.78 is 1.99. The molecule has 2 fully saturated rings. The third kappa shape index (κ3) is 1.94. The second kappa shape index (κ2) is 4.29. The Morgan fingerprint density at radius 3 is 2.67 bits per heavy atom. The second-order valence-electron chi connectivity index (χ2n) is 6.82. The number of pyridine rings is 1. The van der Waals surface area contributed by atoms with Crippen LogP contribution in [-0.2, 0) is 12.5 Å². The van der Waals surface area contributed by atoms with E-state index < -0.39 is 0 Å². The summed E-state index contributed by atoms with van der Waals surface area (Å²) in [5, 5.41) is 8.38. The SMILES string of the molecule is CC1CC(c2cc(C3CC3)[nH]c(=O)c2)(c2nncn2C)C1. The van der Waals surface area contributed by atoms with Crippen LogP contribution in [0.3, 0.4) is 0 Å². The summed E-state index contributed by atoms with van der Waals surface area (Å²) in [6.07, 6.45) is 6.19. The smallest absolute Gasteiger partial charge is 0.248 e. The highest BCUT2D eigenvalue weighted by molar-refractivity contribution is 5.38. The molecular weight excluding hydrogens is 264 g/mol. The second-order valence-corrected chi connectivity index (χ2v) is 6.82. The fraction of sp³-hybridized carbons (Fsp3) is 0.562. The highest BCUT2D eigenvalue weighted by atomic mass is 16.1. The number of aromatic nitrogens is 4. The van der Waals surface area contributed by atoms with Gasteiger partial charge in [-0.3, -0.25) is 4.79 Å². The molecule has 110 valence electrons. The first kappa shape index (κ1) is 12.8. The maximum atomic E-state index is 12.1. The number of aromatic amines is 1. The molecule has 0 amide bonds. The van der Waals surface area contributed by atoms with E-state index in [1.807, 2.05) is 11.6 Å². The zero-order chi connectivity index (χ0) is 14.6. The van der Waals surface area contributed by atoms with Crippen LogP contribution in [0, 0.1) is 5.92 Å². The van der Waals surface area contributed by atoms with Crippen molar-refractivity contribution in [3.63, 3.8) is 0 Å². The fourth-order valence-electron chi connectivity index (χ4n) is 3.85. The Hall–Kier alpha value is -1.91. The van der Waals surface area contributed by atoms with Gasteiger partial charge in [-0.2, -0.15) is 0 Å². The van der Waals surface area contributed by atoms with Crippen LogP contribution < -0.4 is 5.56 Å². The molecule has 2 saturated carbocycles. The zero-order valence-corrected chi connectivity index (χ0v) is 12.5. The van der Waals surface area contributed by atoms with E-state index >= 15 is 0 Å². The monoisotopic (exact) mass is 284 g/mol. The molecule has 2 heterocycles. The van der Waals surface area contributed by atoms with Crippen LogP contribution in [0.1, 0.15) is 55.6 Å². The molecule has 0 bridgehead atoms. The van der Waals surface area contributed by atoms with Gasteiger partial charge >= 0.3 is 0 Å². The average Bonchev–Trinajstić information content (AvgIpc) is 3.17. The summed E-state index contributed by atoms with van der Waals surface area (Å²) in [7, 11) is 1.98. The van der Waals surface area contributed by atoms with Crippen molar-refractivity contribution >= 4 is 0 Å². The minimum Gasteiger partial charge on any atom is -0.326 e. The minimum atomic E-state index is -0.136. The maximum Gasteiger partial charge on any atom is 0.248 e. The van der Waals surface area contributed by atoms with Crippen molar-refractivity contribution in [1.82, 2.24) is 19.7 Å². The van der Waals surface area contributed by atoms with Gasteiger partial charge in [0, 0.05) is 18.8 Å². The predicted octanol–water partition coefficient (Wildman–Crippen LogP) is 2.10. The van der Waals surface area contributed by atoms with Gasteiger partial charge in [0.15, 0.2) is 0 Å². The standard InChI is InChI=1S/C16H20N4O/c1-10-7-16(8-10,15-19-17-9-20(15)2)12-5-13(11-3-4-11)18-14(21)6-12/h5-6,9-11H,3-4,7-8H2,1-2H3,(H,18,21). The average molecular weight is 284 g/mol. The van der Waals surface area contributed by atoms with Crippen LogP contribution in [0.4, 0.5) is 0 Å². The quantitative estimate of drug-likeness (QED) is 0.938. The lowest BCUT2D eigenvalue weighted by atomic mass is 9.58. The lowest BCUT2D eigenvalue weighted by Crippen LogP contribution is -2.44. The van der Waals surface area contributed by atoms with E-state index in [0.717, 1.165) is 29.9 Å². The number of H-pyrrole nitrogens is 1. The van der Waals surface area contributed by atoms with E-state index in [1.54, 1.807) is 12.4 Å². The summed E-state index contributed by atoms with van der Waals surface area (Å²) in [5.41, 5.74) is 2.08. The van der Waals surface area contributed by atoms with Gasteiger partial charge in [-0.15, -0.1) is 10.2 Å². The number of rotatable bonds is 3. The molecule has 2 aromatic heterocycles. The van der Waals surface area contributed by atoms with Gasteiger partial charge in [0.25, 0.3) is 0 Å². The normalized spacial score (nSPS) is 28.4. The van der Waals surface area contributed by atoms with Crippen molar-refractivity contribution in [2.75, 3.05) is 0 Å². The molecule has 2 aromatic rings. The van der Waals surface area contributed by atoms with Crippen LogP contribution >= 0.6 is 0 Å². The van der Waals surface area contributed by atoms with Gasteiger partial charge in [-0.1, -0.05) is 6.92 Å². The van der Waals surface area contributed by atoms with E-state index in [4.69, 9.17) is 0 Å². The van der Waals surface area contributed by atoms with Crippen molar-refractivity contribution < 1.29 is 0 Å². The maximum absolute atomic E-state index is 12.1. The molecule has 5 heteroatoms. The van der Waals surface area contributed by atoms with E-state index in [2.05, 4.69) is 28.2 Å². The highest BCUT2D eigenvalue weighted by Gasteiger charge is 2.48. The van der Waals surface area contributed by atoms with Crippen LogP contribution in [0.15, 0.2) is 23.3 Å². The summed E-state index contributed by atoms with van der Waals surface area (Å²) in [6.45, 7) is 2.25. The molecule has 0 atom stereocenters. The van der Waals surface area contributed by atoms with E-state index in [-0.39, 0.29) is 11.0 Å². The molecule has 0 radical (unpaired) electrons. The van der Waals surface area contributed by atoms with Crippen molar-refractivity contribution in [3.05, 3.63) is 45.9 Å². The lowest BCUT2D eigenvalue weighted by molar-refractivity contribution is 0.185.